The average molecular weight is 548 g/mol. The number of benzene rings is 3. The van der Waals surface area contributed by atoms with Crippen molar-refractivity contribution < 1.29 is 23.9 Å². The van der Waals surface area contributed by atoms with Gasteiger partial charge in [0, 0.05) is 21.7 Å². The minimum Gasteiger partial charge on any atom is -0.418 e. The summed E-state index contributed by atoms with van der Waals surface area (Å²) in [6, 6.07) is 24.3. The summed E-state index contributed by atoms with van der Waals surface area (Å²) >= 11 is 3.37. The highest BCUT2D eigenvalue weighted by Crippen LogP contribution is 2.26. The summed E-state index contributed by atoms with van der Waals surface area (Å²) in [6.07, 6.45) is 2.77. The third-order valence-electron chi connectivity index (χ3n) is 4.63. The molecule has 6 nitrogen and oxygen atoms in total. The fourth-order valence-corrected chi connectivity index (χ4v) is 3.28. The quantitative estimate of drug-likeness (QED) is 0.218. The molecular formula is C29H26BrNO5. The van der Waals surface area contributed by atoms with Crippen molar-refractivity contribution in [1.82, 2.24) is 5.32 Å². The molecule has 3 aromatic carbocycles. The Morgan fingerprint density at radius 1 is 0.778 bits per heavy atom. The van der Waals surface area contributed by atoms with Gasteiger partial charge in [0.1, 0.15) is 0 Å². The summed E-state index contributed by atoms with van der Waals surface area (Å²) in [5.41, 5.74) is 0.783. The number of carbonyl (C=O) groups excluding carboxylic acids is 3. The number of amides is 1. The van der Waals surface area contributed by atoms with Crippen LogP contribution in [0.4, 0.5) is 0 Å². The second kappa shape index (κ2) is 12.1. The molecular weight excluding hydrogens is 522 g/mol. The van der Waals surface area contributed by atoms with Crippen molar-refractivity contribution in [3.8, 4) is 0 Å². The van der Waals surface area contributed by atoms with Crippen LogP contribution in [0.1, 0.15) is 42.3 Å². The van der Waals surface area contributed by atoms with E-state index in [4.69, 9.17) is 9.47 Å². The van der Waals surface area contributed by atoms with Crippen molar-refractivity contribution in [3.05, 3.63) is 118 Å². The van der Waals surface area contributed by atoms with E-state index in [0.717, 1.165) is 10.0 Å². The number of esters is 2. The normalized spacial score (nSPS) is 12.0. The van der Waals surface area contributed by atoms with Crippen LogP contribution in [0.3, 0.4) is 0 Å². The van der Waals surface area contributed by atoms with Crippen LogP contribution in [0.25, 0.3) is 11.8 Å². The molecule has 0 aliphatic heterocycles. The van der Waals surface area contributed by atoms with E-state index in [1.54, 1.807) is 81.4 Å². The molecule has 1 N–H and O–H groups in total. The first-order valence-electron chi connectivity index (χ1n) is 11.2. The lowest BCUT2D eigenvalue weighted by Crippen LogP contribution is -2.42. The molecule has 0 radical (unpaired) electrons. The maximum absolute atomic E-state index is 13.3. The molecule has 3 aromatic rings. The standard InChI is InChI=1S/C29H26BrNO5/c1-29(2,3)31-27(33)26(35-24(32)19-14-20-10-6-4-7-11-20)25(21-15-17-23(30)18-16-21)36-28(34)22-12-8-5-9-13-22/h4-19H,1-3H3,(H,31,33)/b19-14?,26-25-. The lowest BCUT2D eigenvalue weighted by atomic mass is 10.1. The summed E-state index contributed by atoms with van der Waals surface area (Å²) in [5, 5.41) is 2.77. The lowest BCUT2D eigenvalue weighted by Gasteiger charge is -2.22. The van der Waals surface area contributed by atoms with E-state index in [0.29, 0.717) is 5.56 Å². The Balaban J connectivity index is 2.06. The van der Waals surface area contributed by atoms with Crippen molar-refractivity contribution in [1.29, 1.82) is 0 Å². The molecule has 0 atom stereocenters. The van der Waals surface area contributed by atoms with Crippen molar-refractivity contribution in [2.45, 2.75) is 26.3 Å². The second-order valence-electron chi connectivity index (χ2n) is 8.79. The van der Waals surface area contributed by atoms with Crippen LogP contribution in [-0.2, 0) is 19.1 Å². The van der Waals surface area contributed by atoms with E-state index in [1.165, 1.54) is 6.08 Å². The highest BCUT2D eigenvalue weighted by molar-refractivity contribution is 9.10. The molecule has 1 amide bonds. The highest BCUT2D eigenvalue weighted by atomic mass is 79.9. The fourth-order valence-electron chi connectivity index (χ4n) is 3.02. The molecule has 36 heavy (non-hydrogen) atoms. The van der Waals surface area contributed by atoms with Crippen LogP contribution in [0.2, 0.25) is 0 Å². The van der Waals surface area contributed by atoms with Crippen molar-refractivity contribution in [2.75, 3.05) is 0 Å². The Labute approximate surface area is 218 Å². The molecule has 0 heterocycles. The number of hydrogen-bond acceptors (Lipinski definition) is 5. The van der Waals surface area contributed by atoms with Gasteiger partial charge in [0.05, 0.1) is 5.56 Å². The molecule has 0 fully saturated rings. The second-order valence-corrected chi connectivity index (χ2v) is 9.71. The Bertz CT molecular complexity index is 1270. The Kier molecular flexibility index (Phi) is 8.97. The Morgan fingerprint density at radius 2 is 1.36 bits per heavy atom. The molecule has 0 aliphatic carbocycles. The van der Waals surface area contributed by atoms with Crippen LogP contribution in [-0.4, -0.2) is 23.4 Å². The third-order valence-corrected chi connectivity index (χ3v) is 5.15. The predicted octanol–water partition coefficient (Wildman–Crippen LogP) is 6.15. The highest BCUT2D eigenvalue weighted by Gasteiger charge is 2.28. The zero-order valence-electron chi connectivity index (χ0n) is 20.2. The van der Waals surface area contributed by atoms with E-state index in [1.807, 2.05) is 30.3 Å². The van der Waals surface area contributed by atoms with E-state index in [2.05, 4.69) is 21.2 Å². The first kappa shape index (κ1) is 26.6. The number of halogens is 1. The van der Waals surface area contributed by atoms with Crippen LogP contribution in [0.15, 0.2) is 101 Å². The zero-order chi connectivity index (χ0) is 26.1. The van der Waals surface area contributed by atoms with E-state index in [-0.39, 0.29) is 11.3 Å². The van der Waals surface area contributed by atoms with Gasteiger partial charge in [-0.3, -0.25) is 4.79 Å². The summed E-state index contributed by atoms with van der Waals surface area (Å²) in [4.78, 5) is 39.0. The van der Waals surface area contributed by atoms with Gasteiger partial charge in [-0.05, 0) is 68.8 Å². The molecule has 3 rings (SSSR count). The maximum atomic E-state index is 13.3. The predicted molar refractivity (Wildman–Crippen MR) is 142 cm³/mol. The van der Waals surface area contributed by atoms with Gasteiger partial charge in [0.15, 0.2) is 5.76 Å². The number of ether oxygens (including phenoxy) is 2. The van der Waals surface area contributed by atoms with Gasteiger partial charge in [-0.2, -0.15) is 0 Å². The van der Waals surface area contributed by atoms with Gasteiger partial charge >= 0.3 is 11.9 Å². The van der Waals surface area contributed by atoms with Gasteiger partial charge in [-0.25, -0.2) is 9.59 Å². The van der Waals surface area contributed by atoms with E-state index >= 15 is 0 Å². The molecule has 0 aliphatic rings. The number of rotatable bonds is 7. The molecule has 0 spiro atoms. The van der Waals surface area contributed by atoms with Crippen LogP contribution >= 0.6 is 15.9 Å². The first-order valence-corrected chi connectivity index (χ1v) is 12.0. The lowest BCUT2D eigenvalue weighted by molar-refractivity contribution is -0.138. The fraction of sp³-hybridized carbons (Fsp3) is 0.138. The monoisotopic (exact) mass is 547 g/mol. The van der Waals surface area contributed by atoms with Crippen LogP contribution < -0.4 is 5.32 Å². The summed E-state index contributed by atoms with van der Waals surface area (Å²) in [6.45, 7) is 5.36. The number of carbonyl (C=O) groups is 3. The molecule has 0 aromatic heterocycles. The van der Waals surface area contributed by atoms with Crippen molar-refractivity contribution in [3.63, 3.8) is 0 Å². The SMILES string of the molecule is CC(C)(C)NC(=O)/C(OC(=O)C=Cc1ccccc1)=C(/OC(=O)c1ccccc1)c1ccc(Br)cc1. The van der Waals surface area contributed by atoms with Crippen LogP contribution in [0.5, 0.6) is 0 Å². The van der Waals surface area contributed by atoms with E-state index < -0.39 is 29.1 Å². The average Bonchev–Trinajstić information content (AvgIpc) is 2.85. The smallest absolute Gasteiger partial charge is 0.343 e. The molecule has 0 saturated heterocycles. The largest absolute Gasteiger partial charge is 0.418 e. The molecule has 184 valence electrons. The topological polar surface area (TPSA) is 81.7 Å². The van der Waals surface area contributed by atoms with Gasteiger partial charge < -0.3 is 14.8 Å². The molecule has 0 unspecified atom stereocenters. The van der Waals surface area contributed by atoms with Gasteiger partial charge in [0.2, 0.25) is 5.76 Å². The molecule has 0 saturated carbocycles. The van der Waals surface area contributed by atoms with Gasteiger partial charge in [-0.1, -0.05) is 64.5 Å². The maximum Gasteiger partial charge on any atom is 0.343 e. The number of hydrogen-bond donors (Lipinski definition) is 1. The summed E-state index contributed by atoms with van der Waals surface area (Å²) in [5.74, 6) is -2.82. The van der Waals surface area contributed by atoms with Gasteiger partial charge in [0.25, 0.3) is 5.91 Å². The van der Waals surface area contributed by atoms with Gasteiger partial charge in [-0.15, -0.1) is 0 Å². The minimum absolute atomic E-state index is 0.181. The Hall–Kier alpha value is -3.97. The summed E-state index contributed by atoms with van der Waals surface area (Å²) in [7, 11) is 0. The first-order chi connectivity index (χ1) is 17.1. The molecule has 0 bridgehead atoms. The third kappa shape index (κ3) is 8.06. The molecule has 7 heteroatoms. The number of nitrogens with one attached hydrogen (secondary N) is 1. The summed E-state index contributed by atoms with van der Waals surface area (Å²) < 4.78 is 12.0. The zero-order valence-corrected chi connectivity index (χ0v) is 21.7. The van der Waals surface area contributed by atoms with Crippen molar-refractivity contribution >= 4 is 45.6 Å². The van der Waals surface area contributed by atoms with E-state index in [9.17, 15) is 14.4 Å². The minimum atomic E-state index is -0.803. The van der Waals surface area contributed by atoms with Crippen LogP contribution in [0, 0.1) is 0 Å². The Morgan fingerprint density at radius 3 is 1.94 bits per heavy atom. The van der Waals surface area contributed by atoms with Crippen molar-refractivity contribution in [2.24, 2.45) is 0 Å².